The zero-order chi connectivity index (χ0) is 19.8. The summed E-state index contributed by atoms with van der Waals surface area (Å²) in [6.45, 7) is 1.48. The Labute approximate surface area is 156 Å². The normalized spacial score (nSPS) is 33.8. The molecule has 27 heavy (non-hydrogen) atoms. The lowest BCUT2D eigenvalue weighted by Gasteiger charge is -2.45. The van der Waals surface area contributed by atoms with Crippen molar-refractivity contribution in [3.05, 3.63) is 47.6 Å². The number of hydrogen-bond donors (Lipinski definition) is 5. The summed E-state index contributed by atoms with van der Waals surface area (Å²) in [7, 11) is 0. The van der Waals surface area contributed by atoms with Crippen LogP contribution in [0.1, 0.15) is 30.9 Å². The van der Waals surface area contributed by atoms with Gasteiger partial charge in [-0.3, -0.25) is 4.79 Å². The van der Waals surface area contributed by atoms with E-state index in [1.165, 1.54) is 6.92 Å². The van der Waals surface area contributed by atoms with Crippen LogP contribution in [0.4, 0.5) is 0 Å². The second-order valence-corrected chi connectivity index (χ2v) is 7.04. The first kappa shape index (κ1) is 19.7. The topological polar surface area (TPSA) is 127 Å². The van der Waals surface area contributed by atoms with Crippen molar-refractivity contribution >= 4 is 11.4 Å². The van der Waals surface area contributed by atoms with Gasteiger partial charge in [0.15, 0.2) is 11.6 Å². The SMILES string of the molecule is C[C@@H]1O[C@@](O)(CCc2cccc(C3=CC=CCC3=O)c2O)[C@@H](O)[C@H](O)[C@@H]1O. The molecule has 1 aromatic carbocycles. The van der Waals surface area contributed by atoms with Crippen molar-refractivity contribution < 1.29 is 35.1 Å². The fourth-order valence-electron chi connectivity index (χ4n) is 3.51. The minimum absolute atomic E-state index is 0.0741. The summed E-state index contributed by atoms with van der Waals surface area (Å²) in [6.07, 6.45) is -0.000934. The van der Waals surface area contributed by atoms with Crippen molar-refractivity contribution in [2.45, 2.75) is 56.4 Å². The van der Waals surface area contributed by atoms with Gasteiger partial charge in [0, 0.05) is 24.0 Å². The monoisotopic (exact) mass is 376 g/mol. The summed E-state index contributed by atoms with van der Waals surface area (Å²) in [4.78, 5) is 12.1. The standard InChI is InChI=1S/C20H24O7/c1-11-16(22)18(24)19(25)20(26,27-11)10-9-12-5-4-7-14(17(12)23)13-6-2-3-8-15(13)21/h2-7,11,16,18-19,22-26H,8-10H2,1H3/t11-,16+,18+,19-,20-/m0/s1. The summed E-state index contributed by atoms with van der Waals surface area (Å²) < 4.78 is 5.33. The molecule has 0 radical (unpaired) electrons. The maximum atomic E-state index is 12.1. The number of benzene rings is 1. The molecule has 3 rings (SSSR count). The van der Waals surface area contributed by atoms with Gasteiger partial charge in [0.05, 0.1) is 6.10 Å². The molecule has 7 nitrogen and oxygen atoms in total. The van der Waals surface area contributed by atoms with Gasteiger partial charge in [-0.1, -0.05) is 36.4 Å². The van der Waals surface area contributed by atoms with E-state index in [0.717, 1.165) is 0 Å². The van der Waals surface area contributed by atoms with Crippen molar-refractivity contribution in [2.75, 3.05) is 0 Å². The Bertz CT molecular complexity index is 785. The van der Waals surface area contributed by atoms with E-state index in [4.69, 9.17) is 4.74 Å². The molecule has 1 aliphatic heterocycles. The van der Waals surface area contributed by atoms with E-state index >= 15 is 0 Å². The summed E-state index contributed by atoms with van der Waals surface area (Å²) in [5.74, 6) is -2.24. The largest absolute Gasteiger partial charge is 0.507 e. The molecule has 0 saturated carbocycles. The van der Waals surface area contributed by atoms with Crippen LogP contribution in [0.3, 0.4) is 0 Å². The van der Waals surface area contributed by atoms with E-state index in [2.05, 4.69) is 0 Å². The van der Waals surface area contributed by atoms with Crippen LogP contribution in [0, 0.1) is 0 Å². The molecule has 1 heterocycles. The fraction of sp³-hybridized carbons (Fsp3) is 0.450. The molecule has 1 fully saturated rings. The molecule has 146 valence electrons. The van der Waals surface area contributed by atoms with Crippen molar-refractivity contribution in [3.63, 3.8) is 0 Å². The Morgan fingerprint density at radius 3 is 2.67 bits per heavy atom. The number of aryl methyl sites for hydroxylation is 1. The summed E-state index contributed by atoms with van der Waals surface area (Å²) in [5.41, 5.74) is 1.28. The van der Waals surface area contributed by atoms with Crippen LogP contribution in [0.5, 0.6) is 5.75 Å². The quantitative estimate of drug-likeness (QED) is 0.515. The van der Waals surface area contributed by atoms with Gasteiger partial charge >= 0.3 is 0 Å². The Morgan fingerprint density at radius 1 is 1.22 bits per heavy atom. The van der Waals surface area contributed by atoms with Crippen molar-refractivity contribution in [1.82, 2.24) is 0 Å². The predicted molar refractivity (Wildman–Crippen MR) is 96.7 cm³/mol. The van der Waals surface area contributed by atoms with Crippen LogP contribution >= 0.6 is 0 Å². The molecular weight excluding hydrogens is 352 g/mol. The van der Waals surface area contributed by atoms with Gasteiger partial charge in [-0.25, -0.2) is 0 Å². The number of para-hydroxylation sites is 1. The second-order valence-electron chi connectivity index (χ2n) is 7.04. The van der Waals surface area contributed by atoms with E-state index in [0.29, 0.717) is 16.7 Å². The third-order valence-electron chi connectivity index (χ3n) is 5.17. The Balaban J connectivity index is 1.81. The molecule has 1 aliphatic carbocycles. The third-order valence-corrected chi connectivity index (χ3v) is 5.17. The fourth-order valence-corrected chi connectivity index (χ4v) is 3.51. The number of aliphatic hydroxyl groups is 4. The average molecular weight is 376 g/mol. The van der Waals surface area contributed by atoms with Crippen molar-refractivity contribution in [2.24, 2.45) is 0 Å². The average Bonchev–Trinajstić information content (AvgIpc) is 2.65. The number of hydrogen-bond acceptors (Lipinski definition) is 7. The number of carbonyl (C=O) groups excluding carboxylic acids is 1. The lowest BCUT2D eigenvalue weighted by Crippen LogP contribution is -2.63. The summed E-state index contributed by atoms with van der Waals surface area (Å²) >= 11 is 0. The minimum atomic E-state index is -2.07. The van der Waals surface area contributed by atoms with Crippen LogP contribution in [-0.2, 0) is 16.0 Å². The van der Waals surface area contributed by atoms with Gasteiger partial charge in [0.25, 0.3) is 0 Å². The number of phenolic OH excluding ortho intramolecular Hbond substituents is 1. The first-order valence-electron chi connectivity index (χ1n) is 8.90. The number of ether oxygens (including phenoxy) is 1. The molecule has 0 aromatic heterocycles. The molecule has 2 aliphatic rings. The number of carbonyl (C=O) groups is 1. The van der Waals surface area contributed by atoms with Crippen LogP contribution in [0.15, 0.2) is 36.4 Å². The van der Waals surface area contributed by atoms with Crippen molar-refractivity contribution in [1.29, 1.82) is 0 Å². The first-order chi connectivity index (χ1) is 12.7. The Morgan fingerprint density at radius 2 is 1.96 bits per heavy atom. The minimum Gasteiger partial charge on any atom is -0.507 e. The number of allylic oxidation sites excluding steroid dienone is 4. The molecule has 0 amide bonds. The van der Waals surface area contributed by atoms with Gasteiger partial charge in [-0.15, -0.1) is 0 Å². The summed E-state index contributed by atoms with van der Waals surface area (Å²) in [5, 5.41) is 51.0. The van der Waals surface area contributed by atoms with E-state index in [9.17, 15) is 30.3 Å². The van der Waals surface area contributed by atoms with Crippen molar-refractivity contribution in [3.8, 4) is 5.75 Å². The second kappa shape index (κ2) is 7.53. The van der Waals surface area contributed by atoms with E-state index in [-0.39, 0.29) is 30.8 Å². The van der Waals surface area contributed by atoms with Crippen LogP contribution in [-0.4, -0.2) is 61.5 Å². The molecule has 1 saturated heterocycles. The number of aliphatic hydroxyl groups excluding tert-OH is 3. The predicted octanol–water partition coefficient (Wildman–Crippen LogP) is 0.427. The Hall–Kier alpha value is -2.03. The molecule has 0 unspecified atom stereocenters. The number of Topliss-reactive ketones (excluding diaryl/α,β-unsaturated/α-hetero) is 1. The zero-order valence-electron chi connectivity index (χ0n) is 14.9. The molecule has 0 spiro atoms. The first-order valence-corrected chi connectivity index (χ1v) is 8.90. The van der Waals surface area contributed by atoms with Crippen LogP contribution in [0.25, 0.3) is 5.57 Å². The van der Waals surface area contributed by atoms with Crippen LogP contribution < -0.4 is 0 Å². The molecule has 0 bridgehead atoms. The highest BCUT2D eigenvalue weighted by Crippen LogP contribution is 2.35. The maximum Gasteiger partial charge on any atom is 0.195 e. The molecule has 7 heteroatoms. The lowest BCUT2D eigenvalue weighted by molar-refractivity contribution is -0.344. The van der Waals surface area contributed by atoms with E-state index in [1.54, 1.807) is 36.4 Å². The van der Waals surface area contributed by atoms with Gasteiger partial charge in [-0.2, -0.15) is 0 Å². The van der Waals surface area contributed by atoms with Gasteiger partial charge < -0.3 is 30.3 Å². The number of ketones is 1. The smallest absolute Gasteiger partial charge is 0.195 e. The molecule has 5 N–H and O–H groups in total. The Kier molecular flexibility index (Phi) is 5.50. The van der Waals surface area contributed by atoms with Gasteiger partial charge in [0.1, 0.15) is 24.1 Å². The molecule has 1 aromatic rings. The lowest BCUT2D eigenvalue weighted by atomic mass is 9.88. The van der Waals surface area contributed by atoms with Gasteiger partial charge in [0.2, 0.25) is 0 Å². The highest BCUT2D eigenvalue weighted by molar-refractivity contribution is 6.23. The highest BCUT2D eigenvalue weighted by atomic mass is 16.7. The van der Waals surface area contributed by atoms with Gasteiger partial charge in [-0.05, 0) is 18.9 Å². The number of aromatic hydroxyl groups is 1. The highest BCUT2D eigenvalue weighted by Gasteiger charge is 2.51. The van der Waals surface area contributed by atoms with E-state index in [1.807, 2.05) is 0 Å². The molecular formula is C20H24O7. The van der Waals surface area contributed by atoms with Crippen LogP contribution in [0.2, 0.25) is 0 Å². The number of rotatable bonds is 4. The third kappa shape index (κ3) is 3.69. The maximum absolute atomic E-state index is 12.1. The number of phenols is 1. The summed E-state index contributed by atoms with van der Waals surface area (Å²) in [6, 6.07) is 4.99. The zero-order valence-corrected chi connectivity index (χ0v) is 14.9. The van der Waals surface area contributed by atoms with E-state index < -0.39 is 30.2 Å². The molecule has 5 atom stereocenters.